The van der Waals surface area contributed by atoms with Crippen molar-refractivity contribution in [3.63, 3.8) is 0 Å². The summed E-state index contributed by atoms with van der Waals surface area (Å²) in [6.07, 6.45) is -5.66. The standard InChI is InChI=1S/C23H26F3NO3S/c1-4-22(20(28)10-11-23(24,25)26)14-31-19-13-18(30-3)17(29-2)12-16(19)21(27-22)15-8-6-5-7-9-15/h5-9,12-13,21,27H,4,10-11,14H2,1-3H3. The van der Waals surface area contributed by atoms with Gasteiger partial charge in [-0.1, -0.05) is 37.3 Å². The van der Waals surface area contributed by atoms with E-state index in [0.717, 1.165) is 16.0 Å². The van der Waals surface area contributed by atoms with E-state index in [1.54, 1.807) is 14.2 Å². The van der Waals surface area contributed by atoms with Gasteiger partial charge in [0.25, 0.3) is 0 Å². The summed E-state index contributed by atoms with van der Waals surface area (Å²) in [6, 6.07) is 12.9. The third kappa shape index (κ3) is 5.18. The molecule has 2 unspecified atom stereocenters. The zero-order chi connectivity index (χ0) is 22.6. The molecule has 1 aliphatic rings. The molecule has 0 bridgehead atoms. The number of ether oxygens (including phenoxy) is 2. The van der Waals surface area contributed by atoms with E-state index in [4.69, 9.17) is 9.47 Å². The summed E-state index contributed by atoms with van der Waals surface area (Å²) in [5, 5.41) is 3.44. The Morgan fingerprint density at radius 2 is 1.81 bits per heavy atom. The van der Waals surface area contributed by atoms with Crippen molar-refractivity contribution in [3.05, 3.63) is 53.6 Å². The van der Waals surface area contributed by atoms with E-state index in [2.05, 4.69) is 5.32 Å². The summed E-state index contributed by atoms with van der Waals surface area (Å²) < 4.78 is 49.3. The van der Waals surface area contributed by atoms with Crippen LogP contribution in [0.5, 0.6) is 11.5 Å². The van der Waals surface area contributed by atoms with E-state index in [-0.39, 0.29) is 6.04 Å². The Balaban J connectivity index is 2.07. The van der Waals surface area contributed by atoms with Gasteiger partial charge in [-0.25, -0.2) is 0 Å². The number of carbonyl (C=O) groups is 1. The first-order valence-electron chi connectivity index (χ1n) is 10.0. The molecule has 8 heteroatoms. The van der Waals surface area contributed by atoms with Crippen LogP contribution >= 0.6 is 11.8 Å². The fraction of sp³-hybridized carbons (Fsp3) is 0.435. The number of halogens is 3. The van der Waals surface area contributed by atoms with Gasteiger partial charge in [0.15, 0.2) is 17.3 Å². The Hall–Kier alpha value is -2.19. The number of hydrogen-bond donors (Lipinski definition) is 1. The van der Waals surface area contributed by atoms with Gasteiger partial charge in [0, 0.05) is 17.1 Å². The quantitative estimate of drug-likeness (QED) is 0.596. The van der Waals surface area contributed by atoms with Gasteiger partial charge >= 0.3 is 6.18 Å². The molecule has 0 amide bonds. The Labute approximate surface area is 184 Å². The summed E-state index contributed by atoms with van der Waals surface area (Å²) in [5.41, 5.74) is 0.725. The molecule has 0 aromatic heterocycles. The minimum absolute atomic E-state index is 0.325. The first-order chi connectivity index (χ1) is 14.7. The molecule has 0 aliphatic carbocycles. The number of thioether (sulfide) groups is 1. The van der Waals surface area contributed by atoms with Crippen LogP contribution in [0.4, 0.5) is 13.2 Å². The molecule has 1 heterocycles. The van der Waals surface area contributed by atoms with Gasteiger partial charge in [-0.15, -0.1) is 11.8 Å². The van der Waals surface area contributed by atoms with Gasteiger partial charge < -0.3 is 9.47 Å². The van der Waals surface area contributed by atoms with E-state index < -0.39 is 30.3 Å². The first-order valence-corrected chi connectivity index (χ1v) is 11.0. The number of methoxy groups -OCH3 is 2. The van der Waals surface area contributed by atoms with Gasteiger partial charge in [-0.05, 0) is 29.7 Å². The van der Waals surface area contributed by atoms with Crippen LogP contribution in [-0.4, -0.2) is 37.5 Å². The van der Waals surface area contributed by atoms with Gasteiger partial charge in [0.1, 0.15) is 0 Å². The molecule has 1 N–H and O–H groups in total. The molecular formula is C23H26F3NO3S. The molecule has 0 spiro atoms. The third-order valence-electron chi connectivity index (χ3n) is 5.63. The number of carbonyl (C=O) groups excluding carboxylic acids is 1. The highest BCUT2D eigenvalue weighted by Crippen LogP contribution is 2.44. The van der Waals surface area contributed by atoms with Crippen LogP contribution in [-0.2, 0) is 4.79 Å². The fourth-order valence-electron chi connectivity index (χ4n) is 3.79. The van der Waals surface area contributed by atoms with E-state index in [0.29, 0.717) is 23.7 Å². The monoisotopic (exact) mass is 453 g/mol. The summed E-state index contributed by atoms with van der Waals surface area (Å²) in [4.78, 5) is 14.0. The molecule has 0 saturated carbocycles. The zero-order valence-electron chi connectivity index (χ0n) is 17.7. The zero-order valence-corrected chi connectivity index (χ0v) is 18.5. The molecule has 4 nitrogen and oxygen atoms in total. The van der Waals surface area contributed by atoms with Crippen molar-refractivity contribution >= 4 is 17.5 Å². The van der Waals surface area contributed by atoms with E-state index >= 15 is 0 Å². The summed E-state index contributed by atoms with van der Waals surface area (Å²) in [6.45, 7) is 1.83. The van der Waals surface area contributed by atoms with Gasteiger partial charge in [-0.3, -0.25) is 10.1 Å². The second kappa shape index (κ2) is 9.53. The van der Waals surface area contributed by atoms with E-state index in [9.17, 15) is 18.0 Å². The smallest absolute Gasteiger partial charge is 0.389 e. The molecule has 0 saturated heterocycles. The largest absolute Gasteiger partial charge is 0.493 e. The van der Waals surface area contributed by atoms with Crippen LogP contribution in [0.2, 0.25) is 0 Å². The molecule has 3 rings (SSSR count). The Morgan fingerprint density at radius 1 is 1.16 bits per heavy atom. The molecule has 0 radical (unpaired) electrons. The molecule has 31 heavy (non-hydrogen) atoms. The second-order valence-electron chi connectivity index (χ2n) is 7.50. The maximum atomic E-state index is 13.1. The molecule has 0 fully saturated rings. The van der Waals surface area contributed by atoms with Crippen LogP contribution in [0.1, 0.15) is 43.4 Å². The molecule has 1 aliphatic heterocycles. The predicted octanol–water partition coefficient (Wildman–Crippen LogP) is 5.55. The first kappa shape index (κ1) is 23.5. The lowest BCUT2D eigenvalue weighted by Gasteiger charge is -2.34. The highest BCUT2D eigenvalue weighted by molar-refractivity contribution is 7.99. The minimum Gasteiger partial charge on any atom is -0.493 e. The van der Waals surface area contributed by atoms with Crippen molar-refractivity contribution in [1.29, 1.82) is 0 Å². The van der Waals surface area contributed by atoms with Gasteiger partial charge in [-0.2, -0.15) is 13.2 Å². The number of benzene rings is 2. The maximum absolute atomic E-state index is 13.1. The maximum Gasteiger partial charge on any atom is 0.389 e. The molecule has 2 atom stereocenters. The molecule has 2 aromatic carbocycles. The number of hydrogen-bond acceptors (Lipinski definition) is 5. The number of Topliss-reactive ketones (excluding diaryl/α,β-unsaturated/α-hetero) is 1. The summed E-state index contributed by atoms with van der Waals surface area (Å²) in [7, 11) is 3.10. The predicted molar refractivity (Wildman–Crippen MR) is 115 cm³/mol. The number of nitrogens with one attached hydrogen (secondary N) is 1. The van der Waals surface area contributed by atoms with Crippen molar-refractivity contribution < 1.29 is 27.4 Å². The van der Waals surface area contributed by atoms with Crippen molar-refractivity contribution in [2.45, 2.75) is 48.8 Å². The summed E-state index contributed by atoms with van der Waals surface area (Å²) in [5.74, 6) is 1.02. The Morgan fingerprint density at radius 3 is 2.39 bits per heavy atom. The number of fused-ring (bicyclic) bond motifs is 1. The van der Waals surface area contributed by atoms with Crippen molar-refractivity contribution in [3.8, 4) is 11.5 Å². The molecule has 168 valence electrons. The SMILES string of the molecule is CCC1(C(=O)CCC(F)(F)F)CSc2cc(OC)c(OC)cc2C(c2ccccc2)N1. The lowest BCUT2D eigenvalue weighted by Crippen LogP contribution is -2.54. The minimum atomic E-state index is -4.37. The van der Waals surface area contributed by atoms with E-state index in [1.807, 2.05) is 49.4 Å². The molecular weight excluding hydrogens is 427 g/mol. The highest BCUT2D eigenvalue weighted by atomic mass is 32.2. The van der Waals surface area contributed by atoms with Crippen LogP contribution < -0.4 is 14.8 Å². The fourth-order valence-corrected chi connectivity index (χ4v) is 5.17. The number of rotatable bonds is 7. The van der Waals surface area contributed by atoms with Gasteiger partial charge in [0.05, 0.1) is 32.2 Å². The van der Waals surface area contributed by atoms with Crippen LogP contribution in [0.15, 0.2) is 47.4 Å². The van der Waals surface area contributed by atoms with Crippen molar-refractivity contribution in [2.75, 3.05) is 20.0 Å². The molecule has 2 aromatic rings. The number of alkyl halides is 3. The third-order valence-corrected chi connectivity index (χ3v) is 6.93. The number of ketones is 1. The highest BCUT2D eigenvalue weighted by Gasteiger charge is 2.43. The topological polar surface area (TPSA) is 47.6 Å². The van der Waals surface area contributed by atoms with Crippen molar-refractivity contribution in [2.24, 2.45) is 0 Å². The Kier molecular flexibility index (Phi) is 7.21. The van der Waals surface area contributed by atoms with Crippen LogP contribution in [0, 0.1) is 0 Å². The van der Waals surface area contributed by atoms with Crippen LogP contribution in [0.3, 0.4) is 0 Å². The normalized spacial score (nSPS) is 21.2. The van der Waals surface area contributed by atoms with Crippen LogP contribution in [0.25, 0.3) is 0 Å². The average molecular weight is 454 g/mol. The van der Waals surface area contributed by atoms with Crippen molar-refractivity contribution in [1.82, 2.24) is 5.32 Å². The average Bonchev–Trinajstić information content (AvgIpc) is 2.94. The summed E-state index contributed by atoms with van der Waals surface area (Å²) >= 11 is 1.45. The van der Waals surface area contributed by atoms with E-state index in [1.165, 1.54) is 11.8 Å². The van der Waals surface area contributed by atoms with Gasteiger partial charge in [0.2, 0.25) is 0 Å². The Bertz CT molecular complexity index is 920. The lowest BCUT2D eigenvalue weighted by molar-refractivity contribution is -0.145. The lowest BCUT2D eigenvalue weighted by atomic mass is 9.86. The second-order valence-corrected chi connectivity index (χ2v) is 8.51.